The van der Waals surface area contributed by atoms with Crippen LogP contribution in [0.5, 0.6) is 5.75 Å². The molecule has 2 heteroatoms. The fourth-order valence-electron chi connectivity index (χ4n) is 2.79. The molecule has 0 spiro atoms. The zero-order valence-corrected chi connectivity index (χ0v) is 11.1. The zero-order valence-electron chi connectivity index (χ0n) is 11.1. The minimum atomic E-state index is 0.0678. The molecule has 0 aromatic heterocycles. The molecule has 2 atom stereocenters. The molecule has 1 aliphatic heterocycles. The Labute approximate surface area is 109 Å². The van der Waals surface area contributed by atoms with Crippen molar-refractivity contribution in [2.24, 2.45) is 0 Å². The quantitative estimate of drug-likeness (QED) is 0.688. The van der Waals surface area contributed by atoms with Crippen molar-refractivity contribution in [3.63, 3.8) is 0 Å². The summed E-state index contributed by atoms with van der Waals surface area (Å²) in [5.74, 6) is 0.980. The molecule has 1 aliphatic carbocycles. The minimum absolute atomic E-state index is 0.0678. The van der Waals surface area contributed by atoms with E-state index in [4.69, 9.17) is 4.74 Å². The number of nitrogens with zero attached hydrogens (tertiary/aromatic N) is 1. The van der Waals surface area contributed by atoms with E-state index in [1.165, 1.54) is 5.69 Å². The standard InChI is InChI=1S/C16H19NO/c1-16(2,3)17-12-8-4-6-10-14(12)18-15-11-7-5-9-13(15)17/h4-12,14H,1-3H3. The number of benzene rings is 1. The van der Waals surface area contributed by atoms with E-state index in [2.05, 4.69) is 68.2 Å². The van der Waals surface area contributed by atoms with Crippen LogP contribution in [0.3, 0.4) is 0 Å². The highest BCUT2D eigenvalue weighted by molar-refractivity contribution is 5.64. The maximum Gasteiger partial charge on any atom is 0.143 e. The van der Waals surface area contributed by atoms with Crippen LogP contribution in [0.2, 0.25) is 0 Å². The first-order chi connectivity index (χ1) is 8.57. The summed E-state index contributed by atoms with van der Waals surface area (Å²) in [7, 11) is 0. The Hall–Kier alpha value is -1.70. The second-order valence-electron chi connectivity index (χ2n) is 5.85. The molecule has 0 saturated carbocycles. The monoisotopic (exact) mass is 241 g/mol. The van der Waals surface area contributed by atoms with Crippen LogP contribution in [0.15, 0.2) is 48.6 Å². The number of hydrogen-bond acceptors (Lipinski definition) is 2. The van der Waals surface area contributed by atoms with Gasteiger partial charge in [0.15, 0.2) is 0 Å². The van der Waals surface area contributed by atoms with Crippen LogP contribution in [-0.4, -0.2) is 17.7 Å². The summed E-state index contributed by atoms with van der Waals surface area (Å²) < 4.78 is 6.08. The molecule has 18 heavy (non-hydrogen) atoms. The summed E-state index contributed by atoms with van der Waals surface area (Å²) in [4.78, 5) is 2.45. The number of allylic oxidation sites excluding steroid dienone is 2. The number of para-hydroxylation sites is 2. The molecule has 2 aliphatic rings. The van der Waals surface area contributed by atoms with Crippen molar-refractivity contribution in [3.8, 4) is 5.75 Å². The SMILES string of the molecule is CC(C)(C)N1c2ccccc2OC2C=CC=CC21. The first-order valence-electron chi connectivity index (χ1n) is 6.47. The van der Waals surface area contributed by atoms with Crippen LogP contribution >= 0.6 is 0 Å². The van der Waals surface area contributed by atoms with Crippen LogP contribution in [0.25, 0.3) is 0 Å². The van der Waals surface area contributed by atoms with Crippen molar-refractivity contribution in [1.82, 2.24) is 0 Å². The van der Waals surface area contributed by atoms with Crippen molar-refractivity contribution < 1.29 is 4.74 Å². The predicted molar refractivity (Wildman–Crippen MR) is 75.2 cm³/mol. The van der Waals surface area contributed by atoms with Gasteiger partial charge in [-0.05, 0) is 39.0 Å². The van der Waals surface area contributed by atoms with E-state index in [1.54, 1.807) is 0 Å². The number of ether oxygens (including phenoxy) is 1. The molecule has 1 heterocycles. The smallest absolute Gasteiger partial charge is 0.143 e. The molecule has 94 valence electrons. The van der Waals surface area contributed by atoms with Gasteiger partial charge >= 0.3 is 0 Å². The molecule has 3 rings (SSSR count). The summed E-state index contributed by atoms with van der Waals surface area (Å²) in [6.07, 6.45) is 8.65. The first-order valence-corrected chi connectivity index (χ1v) is 6.47. The van der Waals surface area contributed by atoms with Gasteiger partial charge in [-0.3, -0.25) is 0 Å². The number of hydrogen-bond donors (Lipinski definition) is 0. The Kier molecular flexibility index (Phi) is 2.47. The van der Waals surface area contributed by atoms with E-state index in [1.807, 2.05) is 6.07 Å². The Morgan fingerprint density at radius 3 is 2.56 bits per heavy atom. The average Bonchev–Trinajstić information content (AvgIpc) is 2.34. The molecule has 0 N–H and O–H groups in total. The van der Waals surface area contributed by atoms with Gasteiger partial charge in [-0.2, -0.15) is 0 Å². The number of fused-ring (bicyclic) bond motifs is 2. The molecule has 1 aromatic carbocycles. The fourth-order valence-corrected chi connectivity index (χ4v) is 2.79. The highest BCUT2D eigenvalue weighted by Crippen LogP contribution is 2.41. The molecule has 2 nitrogen and oxygen atoms in total. The second-order valence-corrected chi connectivity index (χ2v) is 5.85. The molecule has 0 bridgehead atoms. The van der Waals surface area contributed by atoms with Crippen LogP contribution in [-0.2, 0) is 0 Å². The molecule has 2 unspecified atom stereocenters. The predicted octanol–water partition coefficient (Wildman–Crippen LogP) is 3.55. The van der Waals surface area contributed by atoms with Gasteiger partial charge < -0.3 is 9.64 Å². The topological polar surface area (TPSA) is 12.5 Å². The largest absolute Gasteiger partial charge is 0.482 e. The van der Waals surface area contributed by atoms with Gasteiger partial charge in [0.25, 0.3) is 0 Å². The fraction of sp³-hybridized carbons (Fsp3) is 0.375. The third kappa shape index (κ3) is 1.72. The van der Waals surface area contributed by atoms with Crippen LogP contribution in [0, 0.1) is 0 Å². The van der Waals surface area contributed by atoms with Crippen LogP contribution < -0.4 is 9.64 Å². The van der Waals surface area contributed by atoms with Crippen molar-refractivity contribution in [1.29, 1.82) is 0 Å². The summed E-state index contributed by atoms with van der Waals surface area (Å²) in [5.41, 5.74) is 1.25. The lowest BCUT2D eigenvalue weighted by Gasteiger charge is -2.49. The lowest BCUT2D eigenvalue weighted by Crippen LogP contribution is -2.56. The van der Waals surface area contributed by atoms with E-state index < -0.39 is 0 Å². The third-order valence-corrected chi connectivity index (χ3v) is 3.47. The van der Waals surface area contributed by atoms with E-state index >= 15 is 0 Å². The molecule has 0 radical (unpaired) electrons. The van der Waals surface area contributed by atoms with Gasteiger partial charge in [-0.15, -0.1) is 0 Å². The first kappa shape index (κ1) is 11.4. The van der Waals surface area contributed by atoms with E-state index in [-0.39, 0.29) is 17.7 Å². The van der Waals surface area contributed by atoms with Crippen molar-refractivity contribution in [3.05, 3.63) is 48.6 Å². The maximum atomic E-state index is 6.08. The van der Waals surface area contributed by atoms with Gasteiger partial charge in [-0.25, -0.2) is 0 Å². The highest BCUT2D eigenvalue weighted by atomic mass is 16.5. The Morgan fingerprint density at radius 2 is 1.78 bits per heavy atom. The molecular formula is C16H19NO. The van der Waals surface area contributed by atoms with E-state index in [0.717, 1.165) is 5.75 Å². The number of anilines is 1. The molecule has 1 aromatic rings. The zero-order chi connectivity index (χ0) is 12.8. The summed E-state index contributed by atoms with van der Waals surface area (Å²) >= 11 is 0. The second kappa shape index (κ2) is 3.91. The van der Waals surface area contributed by atoms with Crippen LogP contribution in [0.4, 0.5) is 5.69 Å². The van der Waals surface area contributed by atoms with Gasteiger partial charge in [0.05, 0.1) is 11.7 Å². The minimum Gasteiger partial charge on any atom is -0.482 e. The summed E-state index contributed by atoms with van der Waals surface area (Å²) in [6.45, 7) is 6.75. The Balaban J connectivity index is 2.13. The molecule has 0 amide bonds. The van der Waals surface area contributed by atoms with Gasteiger partial charge in [0.2, 0.25) is 0 Å². The average molecular weight is 241 g/mol. The lowest BCUT2D eigenvalue weighted by molar-refractivity contribution is 0.196. The number of rotatable bonds is 0. The highest BCUT2D eigenvalue weighted by Gasteiger charge is 2.38. The molecule has 0 saturated heterocycles. The van der Waals surface area contributed by atoms with Gasteiger partial charge in [-0.1, -0.05) is 30.4 Å². The van der Waals surface area contributed by atoms with Crippen molar-refractivity contribution in [2.75, 3.05) is 4.90 Å². The van der Waals surface area contributed by atoms with Crippen molar-refractivity contribution >= 4 is 5.69 Å². The molecular weight excluding hydrogens is 222 g/mol. The summed E-state index contributed by atoms with van der Waals surface area (Å²) in [6, 6.07) is 8.58. The van der Waals surface area contributed by atoms with Gasteiger partial charge in [0, 0.05) is 5.54 Å². The third-order valence-electron chi connectivity index (χ3n) is 3.47. The maximum absolute atomic E-state index is 6.08. The van der Waals surface area contributed by atoms with Crippen LogP contribution in [0.1, 0.15) is 20.8 Å². The Bertz CT molecular complexity index is 510. The summed E-state index contributed by atoms with van der Waals surface area (Å²) in [5, 5.41) is 0. The van der Waals surface area contributed by atoms with Crippen molar-refractivity contribution in [2.45, 2.75) is 38.5 Å². The van der Waals surface area contributed by atoms with E-state index in [0.29, 0.717) is 0 Å². The molecule has 0 fully saturated rings. The van der Waals surface area contributed by atoms with E-state index in [9.17, 15) is 0 Å². The van der Waals surface area contributed by atoms with Gasteiger partial charge in [0.1, 0.15) is 11.9 Å². The Morgan fingerprint density at radius 1 is 1.06 bits per heavy atom. The normalized spacial score (nSPS) is 25.4. The lowest BCUT2D eigenvalue weighted by atomic mass is 9.93.